The van der Waals surface area contributed by atoms with Crippen molar-refractivity contribution in [2.24, 2.45) is 5.14 Å². The summed E-state index contributed by atoms with van der Waals surface area (Å²) in [7, 11) is -3.67. The number of anilines is 2. The molecule has 150 valence electrons. The minimum Gasteiger partial charge on any atom is -0.341 e. The maximum atomic E-state index is 12.4. The van der Waals surface area contributed by atoms with Crippen molar-refractivity contribution >= 4 is 21.5 Å². The van der Waals surface area contributed by atoms with Gasteiger partial charge in [-0.3, -0.25) is 14.3 Å². The van der Waals surface area contributed by atoms with Crippen molar-refractivity contribution in [3.8, 4) is 6.07 Å². The van der Waals surface area contributed by atoms with Gasteiger partial charge in [-0.25, -0.2) is 18.4 Å². The van der Waals surface area contributed by atoms with Crippen LogP contribution in [0.4, 0.5) is 11.5 Å². The molecule has 1 aromatic carbocycles. The van der Waals surface area contributed by atoms with Gasteiger partial charge in [0.05, 0.1) is 22.9 Å². The molecule has 2 rings (SSSR count). The molecule has 0 atom stereocenters. The molecule has 0 aliphatic rings. The number of hydrogen-bond acceptors (Lipinski definition) is 6. The average Bonchev–Trinajstić information content (AvgIpc) is 2.55. The summed E-state index contributed by atoms with van der Waals surface area (Å²) in [5, 5.41) is 17.3. The number of benzene rings is 1. The second kappa shape index (κ2) is 8.41. The molecule has 0 bridgehead atoms. The van der Waals surface area contributed by atoms with Gasteiger partial charge in [0.15, 0.2) is 0 Å². The molecule has 0 radical (unpaired) electrons. The Hall–Kier alpha value is -2.90. The number of nitrogens with one attached hydrogen (secondary N) is 2. The van der Waals surface area contributed by atoms with Crippen LogP contribution in [0.2, 0.25) is 0 Å². The van der Waals surface area contributed by atoms with E-state index in [4.69, 9.17) is 5.14 Å². The SMILES string of the molecule is Cc1cc(C#N)cc(Nc2c(C(C)C)c(=O)[nH]c(=O)n2CCCS(N)(=O)=O)c1. The lowest BCUT2D eigenvalue weighted by Crippen LogP contribution is -2.35. The molecule has 0 aliphatic carbocycles. The highest BCUT2D eigenvalue weighted by molar-refractivity contribution is 7.89. The summed E-state index contributed by atoms with van der Waals surface area (Å²) >= 11 is 0. The smallest absolute Gasteiger partial charge is 0.329 e. The van der Waals surface area contributed by atoms with Crippen molar-refractivity contribution in [2.45, 2.75) is 39.7 Å². The van der Waals surface area contributed by atoms with Crippen LogP contribution in [0, 0.1) is 18.3 Å². The van der Waals surface area contributed by atoms with Crippen LogP contribution in [0.25, 0.3) is 0 Å². The lowest BCUT2D eigenvalue weighted by molar-refractivity contribution is 0.582. The first kappa shape index (κ1) is 21.4. The normalized spacial score (nSPS) is 11.4. The number of nitriles is 1. The molecule has 4 N–H and O–H groups in total. The second-order valence-electron chi connectivity index (χ2n) is 6.87. The molecule has 0 saturated carbocycles. The average molecular weight is 405 g/mol. The predicted molar refractivity (Wildman–Crippen MR) is 107 cm³/mol. The zero-order chi connectivity index (χ0) is 21.1. The van der Waals surface area contributed by atoms with Gasteiger partial charge in [-0.2, -0.15) is 5.26 Å². The van der Waals surface area contributed by atoms with Gasteiger partial charge in [0.25, 0.3) is 5.56 Å². The molecule has 0 aliphatic heterocycles. The molecular weight excluding hydrogens is 382 g/mol. The molecule has 1 aromatic heterocycles. The van der Waals surface area contributed by atoms with Gasteiger partial charge < -0.3 is 5.32 Å². The van der Waals surface area contributed by atoms with Gasteiger partial charge in [-0.15, -0.1) is 0 Å². The monoisotopic (exact) mass is 405 g/mol. The van der Waals surface area contributed by atoms with Crippen LogP contribution in [0.5, 0.6) is 0 Å². The van der Waals surface area contributed by atoms with Gasteiger partial charge >= 0.3 is 5.69 Å². The number of rotatable bonds is 7. The molecule has 9 nitrogen and oxygen atoms in total. The fourth-order valence-electron chi connectivity index (χ4n) is 2.95. The summed E-state index contributed by atoms with van der Waals surface area (Å²) in [6.45, 7) is 5.50. The highest BCUT2D eigenvalue weighted by Gasteiger charge is 2.18. The zero-order valence-corrected chi connectivity index (χ0v) is 16.8. The van der Waals surface area contributed by atoms with E-state index in [1.807, 2.05) is 20.8 Å². The Labute approximate surface area is 162 Å². The molecule has 10 heteroatoms. The number of aryl methyl sites for hydroxylation is 1. The number of nitrogens with zero attached hydrogens (tertiary/aromatic N) is 2. The van der Waals surface area contributed by atoms with E-state index in [1.54, 1.807) is 18.2 Å². The molecule has 0 saturated heterocycles. The Morgan fingerprint density at radius 2 is 1.96 bits per heavy atom. The molecule has 2 aromatic rings. The zero-order valence-electron chi connectivity index (χ0n) is 15.9. The topological polar surface area (TPSA) is 151 Å². The third-order valence-corrected chi connectivity index (χ3v) is 4.95. The summed E-state index contributed by atoms with van der Waals surface area (Å²) in [6, 6.07) is 7.17. The minimum absolute atomic E-state index is 0.0466. The number of hydrogen-bond donors (Lipinski definition) is 3. The maximum absolute atomic E-state index is 12.4. The van der Waals surface area contributed by atoms with E-state index in [1.165, 1.54) is 4.57 Å². The number of sulfonamides is 1. The number of H-pyrrole nitrogens is 1. The molecule has 28 heavy (non-hydrogen) atoms. The van der Waals surface area contributed by atoms with Gasteiger partial charge in [0.2, 0.25) is 10.0 Å². The first-order valence-corrected chi connectivity index (χ1v) is 10.4. The van der Waals surface area contributed by atoms with Crippen LogP contribution in [-0.2, 0) is 16.6 Å². The Morgan fingerprint density at radius 1 is 1.29 bits per heavy atom. The summed E-state index contributed by atoms with van der Waals surface area (Å²) in [4.78, 5) is 27.1. The van der Waals surface area contributed by atoms with Gasteiger partial charge in [-0.05, 0) is 43.0 Å². The number of primary sulfonamides is 1. The highest BCUT2D eigenvalue weighted by atomic mass is 32.2. The van der Waals surface area contributed by atoms with E-state index in [-0.39, 0.29) is 30.5 Å². The molecular formula is C18H23N5O4S. The second-order valence-corrected chi connectivity index (χ2v) is 8.61. The third kappa shape index (κ3) is 5.31. The van der Waals surface area contributed by atoms with Crippen LogP contribution in [0.3, 0.4) is 0 Å². The minimum atomic E-state index is -3.67. The molecule has 0 unspecified atom stereocenters. The van der Waals surface area contributed by atoms with Gasteiger partial charge in [0.1, 0.15) is 5.82 Å². The number of aromatic amines is 1. The van der Waals surface area contributed by atoms with E-state index in [9.17, 15) is 23.3 Å². The van der Waals surface area contributed by atoms with Crippen molar-refractivity contribution in [2.75, 3.05) is 11.1 Å². The van der Waals surface area contributed by atoms with E-state index < -0.39 is 21.3 Å². The van der Waals surface area contributed by atoms with Crippen LogP contribution < -0.4 is 21.7 Å². The summed E-state index contributed by atoms with van der Waals surface area (Å²) in [5.41, 5.74) is 0.999. The Balaban J connectivity index is 2.58. The fourth-order valence-corrected chi connectivity index (χ4v) is 3.48. The van der Waals surface area contributed by atoms with E-state index in [2.05, 4.69) is 16.4 Å². The summed E-state index contributed by atoms with van der Waals surface area (Å²) < 4.78 is 23.7. The van der Waals surface area contributed by atoms with Crippen LogP contribution in [0.15, 0.2) is 27.8 Å². The summed E-state index contributed by atoms with van der Waals surface area (Å²) in [5.74, 6) is -0.234. The largest absolute Gasteiger partial charge is 0.341 e. The first-order chi connectivity index (χ1) is 13.0. The van der Waals surface area contributed by atoms with Crippen molar-refractivity contribution in [3.05, 3.63) is 55.7 Å². The van der Waals surface area contributed by atoms with Crippen molar-refractivity contribution < 1.29 is 8.42 Å². The Bertz CT molecular complexity index is 1140. The van der Waals surface area contributed by atoms with E-state index >= 15 is 0 Å². The predicted octanol–water partition coefficient (Wildman–Crippen LogP) is 1.26. The Morgan fingerprint density at radius 3 is 2.54 bits per heavy atom. The first-order valence-electron chi connectivity index (χ1n) is 8.68. The maximum Gasteiger partial charge on any atom is 0.329 e. The van der Waals surface area contributed by atoms with Crippen LogP contribution in [0.1, 0.15) is 42.9 Å². The Kier molecular flexibility index (Phi) is 6.43. The van der Waals surface area contributed by atoms with Crippen LogP contribution >= 0.6 is 0 Å². The van der Waals surface area contributed by atoms with Gasteiger partial charge in [0, 0.05) is 12.2 Å². The van der Waals surface area contributed by atoms with Gasteiger partial charge in [-0.1, -0.05) is 13.8 Å². The van der Waals surface area contributed by atoms with E-state index in [0.717, 1.165) is 5.56 Å². The fraction of sp³-hybridized carbons (Fsp3) is 0.389. The lowest BCUT2D eigenvalue weighted by atomic mass is 10.0. The van der Waals surface area contributed by atoms with Crippen LogP contribution in [-0.4, -0.2) is 23.7 Å². The third-order valence-electron chi connectivity index (χ3n) is 4.09. The van der Waals surface area contributed by atoms with E-state index in [0.29, 0.717) is 16.8 Å². The van der Waals surface area contributed by atoms with Crippen molar-refractivity contribution in [1.29, 1.82) is 5.26 Å². The molecule has 0 amide bonds. The molecule has 0 spiro atoms. The summed E-state index contributed by atoms with van der Waals surface area (Å²) in [6.07, 6.45) is 0.105. The number of aromatic nitrogens is 2. The quantitative estimate of drug-likeness (QED) is 0.631. The lowest BCUT2D eigenvalue weighted by Gasteiger charge is -2.19. The standard InChI is InChI=1S/C18H23N5O4S/c1-11(2)15-16(21-14-8-12(3)7-13(9-14)10-19)23(18(25)22-17(15)24)5-4-6-28(20,26)27/h7-9,11,21H,4-6H2,1-3H3,(H2,20,26,27)(H,22,24,25). The number of nitrogens with two attached hydrogens (primary N) is 1. The van der Waals surface area contributed by atoms with Crippen molar-refractivity contribution in [3.63, 3.8) is 0 Å². The van der Waals surface area contributed by atoms with Crippen molar-refractivity contribution in [1.82, 2.24) is 9.55 Å². The molecule has 1 heterocycles. The highest BCUT2D eigenvalue weighted by Crippen LogP contribution is 2.25. The molecule has 0 fully saturated rings.